The minimum atomic E-state index is -0.854. The number of non-ortho nitro benzene ring substituents is 2. The molecule has 29 heavy (non-hydrogen) atoms. The lowest BCUT2D eigenvalue weighted by molar-refractivity contribution is -0.394. The summed E-state index contributed by atoms with van der Waals surface area (Å²) < 4.78 is 5.52. The predicted molar refractivity (Wildman–Crippen MR) is 104 cm³/mol. The molecule has 0 unspecified atom stereocenters. The highest BCUT2D eigenvalue weighted by Crippen LogP contribution is 2.42. The van der Waals surface area contributed by atoms with Crippen molar-refractivity contribution >= 4 is 23.1 Å². The number of nitro groups is 2. The number of benzene rings is 1. The van der Waals surface area contributed by atoms with E-state index in [0.29, 0.717) is 12.8 Å². The third kappa shape index (κ3) is 5.34. The van der Waals surface area contributed by atoms with Crippen LogP contribution in [0.1, 0.15) is 50.9 Å². The van der Waals surface area contributed by atoms with E-state index in [9.17, 15) is 29.8 Å². The Bertz CT molecular complexity index is 912. The van der Waals surface area contributed by atoms with Crippen molar-refractivity contribution in [3.05, 3.63) is 67.3 Å². The summed E-state index contributed by atoms with van der Waals surface area (Å²) in [6.45, 7) is 7.29. The molecule has 154 valence electrons. The quantitative estimate of drug-likeness (QED) is 0.300. The van der Waals surface area contributed by atoms with E-state index in [1.165, 1.54) is 13.0 Å². The Morgan fingerprint density at radius 3 is 2.14 bits per heavy atom. The first-order valence-electron chi connectivity index (χ1n) is 8.94. The monoisotopic (exact) mass is 402 g/mol. The Morgan fingerprint density at radius 1 is 1.14 bits per heavy atom. The van der Waals surface area contributed by atoms with Crippen LogP contribution >= 0.6 is 0 Å². The lowest BCUT2D eigenvalue weighted by atomic mass is 9.71. The largest absolute Gasteiger partial charge is 0.458 e. The van der Waals surface area contributed by atoms with E-state index >= 15 is 0 Å². The van der Waals surface area contributed by atoms with E-state index in [4.69, 9.17) is 4.74 Å². The normalized spacial score (nSPS) is 18.6. The lowest BCUT2D eigenvalue weighted by Crippen LogP contribution is -2.32. The Hall–Kier alpha value is -3.36. The van der Waals surface area contributed by atoms with Crippen LogP contribution in [0.15, 0.2) is 41.5 Å². The summed E-state index contributed by atoms with van der Waals surface area (Å²) in [5, 5.41) is 22.0. The molecule has 0 radical (unpaired) electrons. The smallest absolute Gasteiger partial charge is 0.338 e. The van der Waals surface area contributed by atoms with Crippen molar-refractivity contribution in [1.82, 2.24) is 0 Å². The number of hydrogen-bond donors (Lipinski definition) is 0. The van der Waals surface area contributed by atoms with Crippen LogP contribution in [0.25, 0.3) is 0 Å². The maximum Gasteiger partial charge on any atom is 0.338 e. The molecule has 9 nitrogen and oxygen atoms in total. The first-order chi connectivity index (χ1) is 13.4. The SMILES string of the molecule is CC(=O)/C=C/C1=C(C)C[C@H](OC(=O)c2cc([N+](=O)[O-])cc([N+](=O)[O-])c2)CC1(C)C. The summed E-state index contributed by atoms with van der Waals surface area (Å²) >= 11 is 0. The van der Waals surface area contributed by atoms with Gasteiger partial charge in [-0.1, -0.05) is 25.5 Å². The molecule has 0 saturated heterocycles. The van der Waals surface area contributed by atoms with Crippen molar-refractivity contribution in [3.63, 3.8) is 0 Å². The fourth-order valence-electron chi connectivity index (χ4n) is 3.58. The molecule has 0 spiro atoms. The molecular weight excluding hydrogens is 380 g/mol. The summed E-state index contributed by atoms with van der Waals surface area (Å²) in [7, 11) is 0. The summed E-state index contributed by atoms with van der Waals surface area (Å²) in [5.74, 6) is -0.921. The first kappa shape index (κ1) is 21.9. The van der Waals surface area contributed by atoms with E-state index in [1.807, 2.05) is 20.8 Å². The van der Waals surface area contributed by atoms with Gasteiger partial charge in [-0.2, -0.15) is 0 Å². The van der Waals surface area contributed by atoms with Gasteiger partial charge in [-0.15, -0.1) is 0 Å². The zero-order valence-corrected chi connectivity index (χ0v) is 16.6. The van der Waals surface area contributed by atoms with Gasteiger partial charge in [-0.25, -0.2) is 4.79 Å². The molecule has 0 saturated carbocycles. The van der Waals surface area contributed by atoms with Gasteiger partial charge in [0.15, 0.2) is 5.78 Å². The van der Waals surface area contributed by atoms with Crippen molar-refractivity contribution in [2.75, 3.05) is 0 Å². The van der Waals surface area contributed by atoms with Gasteiger partial charge in [0.1, 0.15) is 6.10 Å². The van der Waals surface area contributed by atoms with E-state index in [-0.39, 0.29) is 16.8 Å². The molecule has 0 fully saturated rings. The van der Waals surface area contributed by atoms with E-state index in [2.05, 4.69) is 0 Å². The van der Waals surface area contributed by atoms with Crippen molar-refractivity contribution < 1.29 is 24.2 Å². The molecule has 0 heterocycles. The highest BCUT2D eigenvalue weighted by Gasteiger charge is 2.35. The fourth-order valence-corrected chi connectivity index (χ4v) is 3.58. The van der Waals surface area contributed by atoms with Crippen molar-refractivity contribution in [1.29, 1.82) is 0 Å². The average molecular weight is 402 g/mol. The second-order valence-electron chi connectivity index (χ2n) is 7.71. The number of carbonyl (C=O) groups excluding carboxylic acids is 2. The van der Waals surface area contributed by atoms with E-state index in [1.54, 1.807) is 6.08 Å². The number of nitrogens with zero attached hydrogens (tertiary/aromatic N) is 2. The molecule has 1 aromatic carbocycles. The highest BCUT2D eigenvalue weighted by atomic mass is 16.6. The van der Waals surface area contributed by atoms with Gasteiger partial charge < -0.3 is 4.74 Å². The molecule has 1 aromatic rings. The van der Waals surface area contributed by atoms with E-state index in [0.717, 1.165) is 29.3 Å². The van der Waals surface area contributed by atoms with Crippen LogP contribution in [-0.4, -0.2) is 27.7 Å². The van der Waals surface area contributed by atoms with Gasteiger partial charge in [0, 0.05) is 18.6 Å². The molecule has 0 bridgehead atoms. The molecule has 0 aliphatic heterocycles. The Morgan fingerprint density at radius 2 is 1.69 bits per heavy atom. The molecule has 1 aliphatic carbocycles. The summed E-state index contributed by atoms with van der Waals surface area (Å²) in [5.41, 5.74) is 0.236. The number of hydrogen-bond acceptors (Lipinski definition) is 7. The van der Waals surface area contributed by atoms with Crippen LogP contribution < -0.4 is 0 Å². The Labute approximate surface area is 167 Å². The zero-order chi connectivity index (χ0) is 21.9. The topological polar surface area (TPSA) is 130 Å². The van der Waals surface area contributed by atoms with Gasteiger partial charge in [0.25, 0.3) is 11.4 Å². The van der Waals surface area contributed by atoms with Crippen LogP contribution in [0, 0.1) is 25.6 Å². The van der Waals surface area contributed by atoms with Crippen molar-refractivity contribution in [2.24, 2.45) is 5.41 Å². The number of allylic oxidation sites excluding steroid dienone is 3. The second-order valence-corrected chi connectivity index (χ2v) is 7.71. The Balaban J connectivity index is 2.27. The van der Waals surface area contributed by atoms with Crippen LogP contribution in [0.3, 0.4) is 0 Å². The molecule has 1 aliphatic rings. The third-order valence-electron chi connectivity index (χ3n) is 4.78. The molecule has 0 amide bonds. The van der Waals surface area contributed by atoms with Gasteiger partial charge in [0.2, 0.25) is 0 Å². The van der Waals surface area contributed by atoms with Crippen LogP contribution in [0.2, 0.25) is 0 Å². The second kappa shape index (κ2) is 8.34. The molecule has 2 rings (SSSR count). The number of carbonyl (C=O) groups is 2. The molecule has 0 aromatic heterocycles. The number of rotatable bonds is 6. The predicted octanol–water partition coefficient (Wildman–Crippen LogP) is 4.31. The van der Waals surface area contributed by atoms with Gasteiger partial charge in [-0.3, -0.25) is 25.0 Å². The minimum absolute atomic E-state index is 0.0677. The molecule has 1 atom stereocenters. The van der Waals surface area contributed by atoms with Gasteiger partial charge >= 0.3 is 5.97 Å². The van der Waals surface area contributed by atoms with Gasteiger partial charge in [-0.05, 0) is 37.3 Å². The van der Waals surface area contributed by atoms with Crippen molar-refractivity contribution in [2.45, 2.75) is 46.6 Å². The number of nitro benzene ring substituents is 2. The lowest BCUT2D eigenvalue weighted by Gasteiger charge is -2.37. The summed E-state index contributed by atoms with van der Waals surface area (Å²) in [6, 6.07) is 2.72. The van der Waals surface area contributed by atoms with Gasteiger partial charge in [0.05, 0.1) is 21.5 Å². The molecule has 0 N–H and O–H groups in total. The van der Waals surface area contributed by atoms with Crippen LogP contribution in [0.5, 0.6) is 0 Å². The summed E-state index contributed by atoms with van der Waals surface area (Å²) in [4.78, 5) is 44.2. The average Bonchev–Trinajstić information content (AvgIpc) is 2.59. The minimum Gasteiger partial charge on any atom is -0.458 e. The third-order valence-corrected chi connectivity index (χ3v) is 4.78. The van der Waals surface area contributed by atoms with Crippen LogP contribution in [-0.2, 0) is 9.53 Å². The van der Waals surface area contributed by atoms with Crippen LogP contribution in [0.4, 0.5) is 11.4 Å². The standard InChI is InChI=1S/C20H22N2O7/c1-12-7-17(11-20(3,4)18(12)6-5-13(2)23)29-19(24)14-8-15(21(25)26)10-16(9-14)22(27)28/h5-6,8-10,17H,7,11H2,1-4H3/b6-5+/t17-/m0/s1. The fraction of sp³-hybridized carbons (Fsp3) is 0.400. The maximum absolute atomic E-state index is 12.5. The van der Waals surface area contributed by atoms with E-state index < -0.39 is 33.3 Å². The first-order valence-corrected chi connectivity index (χ1v) is 8.94. The molecule has 9 heteroatoms. The number of ether oxygens (including phenoxy) is 1. The maximum atomic E-state index is 12.5. The summed E-state index contributed by atoms with van der Waals surface area (Å²) in [6.07, 6.45) is 3.69. The Kier molecular flexibility index (Phi) is 6.31. The molecular formula is C20H22N2O7. The zero-order valence-electron chi connectivity index (χ0n) is 16.6. The van der Waals surface area contributed by atoms with Crippen molar-refractivity contribution in [3.8, 4) is 0 Å². The number of esters is 1. The highest BCUT2D eigenvalue weighted by molar-refractivity contribution is 5.91. The number of ketones is 1.